The van der Waals surface area contributed by atoms with E-state index in [2.05, 4.69) is 13.6 Å². The molecule has 0 aromatic heterocycles. The van der Waals surface area contributed by atoms with E-state index in [1.807, 2.05) is 42.5 Å². The zero-order valence-corrected chi connectivity index (χ0v) is 41.5. The van der Waals surface area contributed by atoms with E-state index in [1.165, 1.54) is 0 Å². The molecule has 3 N–H and O–H groups in total. The van der Waals surface area contributed by atoms with E-state index >= 15 is 0 Å². The second-order valence-corrected chi connectivity index (χ2v) is 17.8. The van der Waals surface area contributed by atoms with Crippen LogP contribution in [0.15, 0.2) is 72.8 Å². The first-order valence-corrected chi connectivity index (χ1v) is 23.2. The Balaban J connectivity index is 0.000000894. The van der Waals surface area contributed by atoms with E-state index in [-0.39, 0.29) is 23.3 Å². The zero-order chi connectivity index (χ0) is 46.1. The number of rotatable bonds is 12. The van der Waals surface area contributed by atoms with Gasteiger partial charge in [-0.2, -0.15) is 0 Å². The maximum Gasteiger partial charge on any atom is 3.00 e. The monoisotopic (exact) mass is 1040 g/mol. The fraction of sp³-hybridized carbons (Fsp3) is 0.361. The summed E-state index contributed by atoms with van der Waals surface area (Å²) in [6.07, 6.45) is 1.66. The largest absolute Gasteiger partial charge is 3.00 e. The number of carbonyl (C=O) groups is 3. The first kappa shape index (κ1) is 60.5. The predicted octanol–water partition coefficient (Wildman–Crippen LogP) is 5.33. The number of morpholine rings is 1. The number of methoxy groups -OCH3 is 2. The smallest absolute Gasteiger partial charge is 0.786 e. The molecule has 3 aromatic carbocycles. The van der Waals surface area contributed by atoms with E-state index in [0.717, 1.165) is 21.0 Å². The fourth-order valence-electron chi connectivity index (χ4n) is 4.65. The number of ether oxygens (including phenoxy) is 3. The quantitative estimate of drug-likeness (QED) is 0.0518. The van der Waals surface area contributed by atoms with Crippen LogP contribution >= 0.6 is 84.2 Å². The second-order valence-electron chi connectivity index (χ2n) is 11.0. The average Bonchev–Trinajstić information content (AvgIpc) is 3.45. The number of imide groups is 1. The van der Waals surface area contributed by atoms with E-state index < -0.39 is 40.7 Å². The number of hydrogen-bond acceptors (Lipinski definition) is 16. The Kier molecular flexibility index (Phi) is 32.3. The number of hydrogen-bond donors (Lipinski definition) is 3. The van der Waals surface area contributed by atoms with Crippen LogP contribution in [-0.4, -0.2) is 122 Å². The number of alkyl halides is 3. The summed E-state index contributed by atoms with van der Waals surface area (Å²) in [5.74, 6) is 0.275. The molecule has 17 nitrogen and oxygen atoms in total. The van der Waals surface area contributed by atoms with Crippen molar-refractivity contribution in [2.75, 3.05) is 60.3 Å². The number of halogens is 4. The van der Waals surface area contributed by atoms with Crippen molar-refractivity contribution in [3.05, 3.63) is 100 Å². The molecule has 26 heteroatoms. The second kappa shape index (κ2) is 33.1. The van der Waals surface area contributed by atoms with Crippen LogP contribution in [0.4, 0.5) is 0 Å². The molecule has 0 saturated carbocycles. The van der Waals surface area contributed by atoms with Gasteiger partial charge < -0.3 is 62.0 Å². The van der Waals surface area contributed by atoms with Crippen LogP contribution in [0.3, 0.4) is 0 Å². The number of amides is 3. The van der Waals surface area contributed by atoms with Crippen LogP contribution in [0.25, 0.3) is 5.57 Å². The van der Waals surface area contributed by atoms with Gasteiger partial charge in [-0.25, -0.2) is 4.31 Å². The van der Waals surface area contributed by atoms with Gasteiger partial charge in [-0.15, -0.1) is 0 Å². The molecule has 3 unspecified atom stereocenters. The van der Waals surface area contributed by atoms with Gasteiger partial charge in [0.2, 0.25) is 5.91 Å². The topological polar surface area (TPSA) is 243 Å². The summed E-state index contributed by atoms with van der Waals surface area (Å²) in [7, 11) is -3.87. The van der Waals surface area contributed by atoms with Crippen molar-refractivity contribution in [3.63, 3.8) is 0 Å². The number of benzene rings is 3. The van der Waals surface area contributed by atoms with Crippen molar-refractivity contribution in [1.82, 2.24) is 9.21 Å². The molecule has 0 spiro atoms. The van der Waals surface area contributed by atoms with E-state index in [9.17, 15) is 29.1 Å². The van der Waals surface area contributed by atoms with E-state index in [4.69, 9.17) is 75.3 Å². The van der Waals surface area contributed by atoms with Crippen molar-refractivity contribution < 1.29 is 71.5 Å². The third kappa shape index (κ3) is 23.6. The van der Waals surface area contributed by atoms with Gasteiger partial charge in [-0.05, 0) is 73.9 Å². The van der Waals surface area contributed by atoms with Gasteiger partial charge in [0.1, 0.15) is 0 Å². The number of fused-ring (bicyclic) bond motifs is 1. The van der Waals surface area contributed by atoms with Gasteiger partial charge >= 0.3 is 17.4 Å². The Morgan fingerprint density at radius 1 is 0.774 bits per heavy atom. The molecule has 3 atom stereocenters. The molecular formula is C36H44AlCl4N2O15P3S. The van der Waals surface area contributed by atoms with Crippen LogP contribution < -0.4 is 24.2 Å². The van der Waals surface area contributed by atoms with Crippen molar-refractivity contribution in [2.45, 2.75) is 23.9 Å². The summed E-state index contributed by atoms with van der Waals surface area (Å²) >= 11 is 23.2. The molecule has 1 fully saturated rings. The van der Waals surface area contributed by atoms with Gasteiger partial charge in [0.05, 0.1) is 64.4 Å². The molecule has 1 saturated heterocycles. The first-order valence-electron chi connectivity index (χ1n) is 17.5. The summed E-state index contributed by atoms with van der Waals surface area (Å²) < 4.78 is 27.5. The Morgan fingerprint density at radius 2 is 1.21 bits per heavy atom. The van der Waals surface area contributed by atoms with Crippen molar-refractivity contribution in [2.24, 2.45) is 0 Å². The van der Waals surface area contributed by atoms with Gasteiger partial charge in [-0.1, -0.05) is 76.7 Å². The van der Waals surface area contributed by atoms with Crippen LogP contribution in [-0.2, 0) is 23.1 Å². The van der Waals surface area contributed by atoms with Gasteiger partial charge in [0.15, 0.2) is 11.5 Å². The fourth-order valence-corrected chi connectivity index (χ4v) is 6.63. The van der Waals surface area contributed by atoms with Crippen LogP contribution in [0.5, 0.6) is 11.5 Å². The summed E-state index contributed by atoms with van der Waals surface area (Å²) in [4.78, 5) is 90.3. The van der Waals surface area contributed by atoms with E-state index in [1.54, 1.807) is 70.2 Å². The van der Waals surface area contributed by atoms with Crippen molar-refractivity contribution in [1.29, 1.82) is 0 Å². The number of nitrogens with zero attached hydrogens (tertiary/aromatic N) is 2. The summed E-state index contributed by atoms with van der Waals surface area (Å²) in [5.41, 5.74) is 3.21. The predicted molar refractivity (Wildman–Crippen MR) is 238 cm³/mol. The van der Waals surface area contributed by atoms with Gasteiger partial charge in [-0.3, -0.25) is 14.4 Å². The molecular weight excluding hydrogens is 994 g/mol. The number of carbonyl (C=O) groups excluding carboxylic acids is 3. The summed E-state index contributed by atoms with van der Waals surface area (Å²) in [6.45, 7) is 8.17. The van der Waals surface area contributed by atoms with Gasteiger partial charge in [0, 0.05) is 56.0 Å². The third-order valence-corrected chi connectivity index (χ3v) is 10.1. The Morgan fingerprint density at radius 3 is 1.58 bits per heavy atom. The minimum absolute atomic E-state index is 0. The molecule has 62 heavy (non-hydrogen) atoms. The Bertz CT molecular complexity index is 1760. The van der Waals surface area contributed by atoms with Crippen LogP contribution in [0.1, 0.15) is 52.6 Å². The summed E-state index contributed by atoms with van der Waals surface area (Å²) in [5, 5.41) is 0.643. The molecule has 2 heterocycles. The van der Waals surface area contributed by atoms with Gasteiger partial charge in [0.25, 0.3) is 14.9 Å². The van der Waals surface area contributed by atoms with Crippen LogP contribution in [0.2, 0.25) is 5.02 Å². The molecule has 0 bridgehead atoms. The maximum absolute atomic E-state index is 12.8. The Labute approximate surface area is 399 Å². The molecule has 3 aromatic rings. The molecule has 3 amide bonds. The minimum Gasteiger partial charge on any atom is -0.786 e. The molecule has 2 aliphatic rings. The molecule has 0 radical (unpaired) electrons. The summed E-state index contributed by atoms with van der Waals surface area (Å²) in [6, 6.07) is 19.5. The molecule has 0 aliphatic carbocycles. The average molecular weight is 1040 g/mol. The van der Waals surface area contributed by atoms with E-state index in [0.29, 0.717) is 85.7 Å². The van der Waals surface area contributed by atoms with Crippen LogP contribution in [0, 0.1) is 0 Å². The normalized spacial score (nSPS) is 14.7. The maximum atomic E-state index is 12.8. The van der Waals surface area contributed by atoms with Crippen molar-refractivity contribution >= 4 is 125 Å². The molecule has 5 rings (SSSR count). The minimum atomic E-state index is -2.35. The third-order valence-electron chi connectivity index (χ3n) is 7.11. The molecule has 2 aliphatic heterocycles. The molecule has 340 valence electrons. The standard InChI is InChI=1S/C21H22ClNO4.C9H4Cl3NO2S.3C2H6O3P.Al/c1-25-19-8-5-16(13-20(19)26-2)18(15-3-6-17(22)7-4-15)14-21(24)23-9-11-27-12-10-23;10-9(11,12)16-13-7(14)5-3-1-2-4-6(5)8(13)15;3*1-2-5-6(3)4;/h3-8,13-14H,9-12H2,1-2H3;1-4H;3*3H,2H2,1H3;/q;;3*-1;+3/b18-14-;;;;;. The van der Waals surface area contributed by atoms with Crippen molar-refractivity contribution in [3.8, 4) is 11.5 Å². The zero-order valence-electron chi connectivity index (χ0n) is 33.9. The Hall–Kier alpha value is -1.46. The first-order chi connectivity index (χ1) is 28.8. The SMILES string of the molecule is CCOP([O-])O.CCOP([O-])O.CCOP([O-])O.COc1ccc(/C(=C\C(=O)N2CCOCC2)c2ccc(Cl)cc2)cc1OC.O=C1c2ccccc2C(=O)N1SC(Cl)(Cl)Cl.[Al+3].